The first kappa shape index (κ1) is 17.4. The molecular weight excluding hydrogens is 262 g/mol. The third-order valence-electron chi connectivity index (χ3n) is 3.81. The van der Waals surface area contributed by atoms with E-state index >= 15 is 0 Å². The van der Waals surface area contributed by atoms with Gasteiger partial charge in [-0.2, -0.15) is 0 Å². The summed E-state index contributed by atoms with van der Waals surface area (Å²) in [6.45, 7) is 6.06. The molecule has 0 spiro atoms. The van der Waals surface area contributed by atoms with Crippen molar-refractivity contribution >= 4 is 5.97 Å². The van der Waals surface area contributed by atoms with Gasteiger partial charge in [0.25, 0.3) is 0 Å². The number of hydrogen-bond acceptors (Lipinski definition) is 5. The third-order valence-corrected chi connectivity index (χ3v) is 3.81. The summed E-state index contributed by atoms with van der Waals surface area (Å²) in [7, 11) is 1.64. The lowest BCUT2D eigenvalue weighted by Crippen LogP contribution is -2.56. The van der Waals surface area contributed by atoms with Crippen molar-refractivity contribution in [1.82, 2.24) is 4.90 Å². The minimum Gasteiger partial charge on any atom is -0.480 e. The quantitative estimate of drug-likeness (QED) is 0.605. The van der Waals surface area contributed by atoms with Crippen LogP contribution in [0.2, 0.25) is 0 Å². The van der Waals surface area contributed by atoms with Gasteiger partial charge in [0.15, 0.2) is 0 Å². The van der Waals surface area contributed by atoms with Gasteiger partial charge in [-0.15, -0.1) is 0 Å². The predicted octanol–water partition coefficient (Wildman–Crippen LogP) is 0.995. The molecule has 118 valence electrons. The zero-order valence-electron chi connectivity index (χ0n) is 12.6. The lowest BCUT2D eigenvalue weighted by atomic mass is 9.88. The molecule has 6 heteroatoms. The summed E-state index contributed by atoms with van der Waals surface area (Å²) in [5.74, 6) is -0.736. The van der Waals surface area contributed by atoms with Gasteiger partial charge < -0.3 is 19.3 Å². The zero-order chi connectivity index (χ0) is 14.8. The molecule has 20 heavy (non-hydrogen) atoms. The van der Waals surface area contributed by atoms with Gasteiger partial charge in [0.05, 0.1) is 33.0 Å². The number of likely N-dealkylation sites (tertiary alicyclic amines) is 1. The summed E-state index contributed by atoms with van der Waals surface area (Å²) in [6.07, 6.45) is 2.75. The van der Waals surface area contributed by atoms with Crippen molar-refractivity contribution in [3.8, 4) is 0 Å². The molecule has 0 saturated carbocycles. The molecule has 1 rings (SSSR count). The Labute approximate surface area is 121 Å². The van der Waals surface area contributed by atoms with Crippen molar-refractivity contribution in [2.45, 2.75) is 31.7 Å². The number of methoxy groups -OCH3 is 1. The van der Waals surface area contributed by atoms with E-state index in [0.717, 1.165) is 19.4 Å². The number of rotatable bonds is 10. The molecule has 0 aromatic carbocycles. The average molecular weight is 289 g/mol. The Morgan fingerprint density at radius 2 is 1.80 bits per heavy atom. The van der Waals surface area contributed by atoms with Crippen LogP contribution in [0.15, 0.2) is 0 Å². The Morgan fingerprint density at radius 3 is 2.45 bits per heavy atom. The van der Waals surface area contributed by atoms with E-state index in [-0.39, 0.29) is 0 Å². The van der Waals surface area contributed by atoms with Gasteiger partial charge in [-0.05, 0) is 32.7 Å². The minimum atomic E-state index is -0.740. The van der Waals surface area contributed by atoms with Crippen LogP contribution in [0, 0.1) is 0 Å². The number of ether oxygens (including phenoxy) is 3. The first-order valence-corrected chi connectivity index (χ1v) is 7.24. The van der Waals surface area contributed by atoms with Crippen LogP contribution >= 0.6 is 0 Å². The Morgan fingerprint density at radius 1 is 1.15 bits per heavy atom. The lowest BCUT2D eigenvalue weighted by molar-refractivity contribution is -0.153. The molecule has 1 aliphatic rings. The lowest BCUT2D eigenvalue weighted by Gasteiger charge is -2.41. The minimum absolute atomic E-state index is 0.529. The van der Waals surface area contributed by atoms with Crippen molar-refractivity contribution in [2.24, 2.45) is 0 Å². The highest BCUT2D eigenvalue weighted by molar-refractivity contribution is 5.78. The number of carbonyl (C=O) groups is 1. The number of piperidine rings is 1. The summed E-state index contributed by atoms with van der Waals surface area (Å²) in [5.41, 5.74) is -0.740. The Balaban J connectivity index is 2.15. The summed E-state index contributed by atoms with van der Waals surface area (Å²) in [6, 6.07) is 0. The number of carboxylic acids is 1. The van der Waals surface area contributed by atoms with Crippen LogP contribution in [0.1, 0.15) is 26.2 Å². The third kappa shape index (κ3) is 5.36. The van der Waals surface area contributed by atoms with E-state index < -0.39 is 11.5 Å². The molecule has 1 saturated heterocycles. The second kappa shape index (κ2) is 9.28. The molecule has 0 bridgehead atoms. The topological polar surface area (TPSA) is 68.2 Å². The van der Waals surface area contributed by atoms with Crippen LogP contribution < -0.4 is 0 Å². The molecular formula is C14H27NO5. The van der Waals surface area contributed by atoms with E-state index in [9.17, 15) is 9.90 Å². The molecule has 0 aromatic rings. The molecule has 1 heterocycles. The fourth-order valence-corrected chi connectivity index (χ4v) is 2.42. The van der Waals surface area contributed by atoms with Crippen molar-refractivity contribution in [3.05, 3.63) is 0 Å². The van der Waals surface area contributed by atoms with Crippen LogP contribution in [0.25, 0.3) is 0 Å². The van der Waals surface area contributed by atoms with Gasteiger partial charge in [-0.3, -0.25) is 9.69 Å². The highest BCUT2D eigenvalue weighted by Gasteiger charge is 2.40. The van der Waals surface area contributed by atoms with Gasteiger partial charge in [0.2, 0.25) is 0 Å². The fraction of sp³-hybridized carbons (Fsp3) is 0.929. The summed E-state index contributed by atoms with van der Waals surface area (Å²) in [4.78, 5) is 13.4. The highest BCUT2D eigenvalue weighted by Crippen LogP contribution is 2.27. The second-order valence-electron chi connectivity index (χ2n) is 5.24. The summed E-state index contributed by atoms with van der Waals surface area (Å²) in [5, 5.41) is 9.38. The first-order valence-electron chi connectivity index (χ1n) is 7.24. The molecule has 0 aromatic heterocycles. The van der Waals surface area contributed by atoms with E-state index in [1.54, 1.807) is 7.11 Å². The van der Waals surface area contributed by atoms with Crippen molar-refractivity contribution in [3.63, 3.8) is 0 Å². The standard InChI is InChI=1S/C14H27NO5/c1-14(13(16)17)5-3-4-6-15(14)7-8-19-11-12-20-10-9-18-2/h3-12H2,1-2H3,(H,16,17). The van der Waals surface area contributed by atoms with Crippen molar-refractivity contribution in [2.75, 3.05) is 53.2 Å². The first-order chi connectivity index (χ1) is 9.61. The molecule has 0 amide bonds. The fourth-order valence-electron chi connectivity index (χ4n) is 2.42. The Kier molecular flexibility index (Phi) is 8.06. The predicted molar refractivity (Wildman–Crippen MR) is 75.0 cm³/mol. The van der Waals surface area contributed by atoms with Gasteiger partial charge in [-0.25, -0.2) is 0 Å². The van der Waals surface area contributed by atoms with Crippen LogP contribution in [0.3, 0.4) is 0 Å². The Hall–Kier alpha value is -0.690. The maximum atomic E-state index is 11.4. The molecule has 1 unspecified atom stereocenters. The van der Waals surface area contributed by atoms with Gasteiger partial charge in [-0.1, -0.05) is 0 Å². The van der Waals surface area contributed by atoms with Gasteiger partial charge >= 0.3 is 5.97 Å². The maximum Gasteiger partial charge on any atom is 0.323 e. The molecule has 1 fully saturated rings. The molecule has 0 radical (unpaired) electrons. The van der Waals surface area contributed by atoms with E-state index in [1.165, 1.54) is 0 Å². The van der Waals surface area contributed by atoms with E-state index in [1.807, 2.05) is 11.8 Å². The highest BCUT2D eigenvalue weighted by atomic mass is 16.5. The van der Waals surface area contributed by atoms with Crippen molar-refractivity contribution in [1.29, 1.82) is 0 Å². The van der Waals surface area contributed by atoms with Crippen LogP contribution in [0.5, 0.6) is 0 Å². The number of hydrogen-bond donors (Lipinski definition) is 1. The summed E-state index contributed by atoms with van der Waals surface area (Å²) >= 11 is 0. The number of nitrogens with zero attached hydrogens (tertiary/aromatic N) is 1. The van der Waals surface area contributed by atoms with Gasteiger partial charge in [0.1, 0.15) is 5.54 Å². The average Bonchev–Trinajstić information content (AvgIpc) is 2.43. The molecule has 0 aliphatic carbocycles. The molecule has 1 atom stereocenters. The maximum absolute atomic E-state index is 11.4. The van der Waals surface area contributed by atoms with Gasteiger partial charge in [0, 0.05) is 13.7 Å². The molecule has 1 N–H and O–H groups in total. The largest absolute Gasteiger partial charge is 0.480 e. The SMILES string of the molecule is COCCOCCOCCN1CCCCC1(C)C(=O)O. The van der Waals surface area contributed by atoms with Crippen LogP contribution in [-0.2, 0) is 19.0 Å². The molecule has 6 nitrogen and oxygen atoms in total. The second-order valence-corrected chi connectivity index (χ2v) is 5.24. The number of aliphatic carboxylic acids is 1. The monoisotopic (exact) mass is 289 g/mol. The van der Waals surface area contributed by atoms with E-state index in [0.29, 0.717) is 46.0 Å². The number of carboxylic acid groups (broad SMARTS) is 1. The van der Waals surface area contributed by atoms with E-state index in [2.05, 4.69) is 0 Å². The zero-order valence-corrected chi connectivity index (χ0v) is 12.6. The molecule has 1 aliphatic heterocycles. The van der Waals surface area contributed by atoms with E-state index in [4.69, 9.17) is 14.2 Å². The normalized spacial score (nSPS) is 23.9. The van der Waals surface area contributed by atoms with Crippen molar-refractivity contribution < 1.29 is 24.1 Å². The smallest absolute Gasteiger partial charge is 0.323 e. The van der Waals surface area contributed by atoms with Crippen LogP contribution in [-0.4, -0.2) is 74.7 Å². The Bertz CT molecular complexity index is 287. The summed E-state index contributed by atoms with van der Waals surface area (Å²) < 4.78 is 15.6. The van der Waals surface area contributed by atoms with Crippen LogP contribution in [0.4, 0.5) is 0 Å².